The van der Waals surface area contributed by atoms with Gasteiger partial charge < -0.3 is 0 Å². The Morgan fingerprint density at radius 2 is 2.25 bits per heavy atom. The van der Waals surface area contributed by atoms with Gasteiger partial charge in [0.25, 0.3) is 0 Å². The highest BCUT2D eigenvalue weighted by Gasteiger charge is 2.17. The molecule has 64 valence electrons. The number of halogens is 1. The zero-order valence-electron chi connectivity index (χ0n) is 6.66. The Morgan fingerprint density at radius 1 is 1.42 bits per heavy atom. The number of alkyl halides is 1. The minimum atomic E-state index is 0.709. The number of hydrogen-bond acceptors (Lipinski definition) is 2. The topological polar surface area (TPSA) is 3.24 Å². The van der Waals surface area contributed by atoms with Crippen LogP contribution in [0.1, 0.15) is 5.56 Å². The van der Waals surface area contributed by atoms with E-state index in [0.29, 0.717) is 5.88 Å². The van der Waals surface area contributed by atoms with Crippen molar-refractivity contribution in [3.63, 3.8) is 0 Å². The van der Waals surface area contributed by atoms with Crippen molar-refractivity contribution in [1.29, 1.82) is 0 Å². The summed E-state index contributed by atoms with van der Waals surface area (Å²) in [7, 11) is 0. The average Bonchev–Trinajstić information content (AvgIpc) is 2.47. The fraction of sp³-hybridized carbons (Fsp3) is 0.333. The molecular formula is C9H10ClNS. The molecule has 0 N–H and O–H groups in total. The molecule has 3 heteroatoms. The van der Waals surface area contributed by atoms with E-state index in [2.05, 4.69) is 28.6 Å². The smallest absolute Gasteiger partial charge is 0.0360 e. The maximum atomic E-state index is 5.67. The summed E-state index contributed by atoms with van der Waals surface area (Å²) in [6, 6.07) is 8.50. The lowest BCUT2D eigenvalue weighted by atomic mass is 10.2. The van der Waals surface area contributed by atoms with Crippen molar-refractivity contribution in [3.8, 4) is 0 Å². The maximum absolute atomic E-state index is 5.67. The molecule has 1 aliphatic heterocycles. The van der Waals surface area contributed by atoms with Gasteiger partial charge in [0, 0.05) is 23.9 Å². The third kappa shape index (κ3) is 1.60. The molecule has 0 unspecified atom stereocenters. The van der Waals surface area contributed by atoms with E-state index in [9.17, 15) is 0 Å². The predicted molar refractivity (Wildman–Crippen MR) is 53.4 cm³/mol. The predicted octanol–water partition coefficient (Wildman–Crippen LogP) is 2.75. The molecular weight excluding hydrogens is 190 g/mol. The van der Waals surface area contributed by atoms with Crippen molar-refractivity contribution in [1.82, 2.24) is 4.31 Å². The van der Waals surface area contributed by atoms with Crippen LogP contribution in [0.3, 0.4) is 0 Å². The van der Waals surface area contributed by atoms with E-state index < -0.39 is 0 Å². The summed E-state index contributed by atoms with van der Waals surface area (Å²) in [4.78, 5) is 1.38. The maximum Gasteiger partial charge on any atom is 0.0360 e. The Hall–Kier alpha value is -0.180. The van der Waals surface area contributed by atoms with Gasteiger partial charge in [-0.15, -0.1) is 11.6 Å². The van der Waals surface area contributed by atoms with Crippen molar-refractivity contribution in [3.05, 3.63) is 29.8 Å². The van der Waals surface area contributed by atoms with Crippen molar-refractivity contribution >= 4 is 23.5 Å². The van der Waals surface area contributed by atoms with E-state index in [-0.39, 0.29) is 0 Å². The van der Waals surface area contributed by atoms with Crippen LogP contribution in [0.2, 0.25) is 0 Å². The highest BCUT2D eigenvalue weighted by atomic mass is 35.5. The van der Waals surface area contributed by atoms with Gasteiger partial charge in [-0.2, -0.15) is 0 Å². The van der Waals surface area contributed by atoms with Crippen LogP contribution in [0, 0.1) is 0 Å². The van der Waals surface area contributed by atoms with Crippen molar-refractivity contribution in [2.75, 3.05) is 12.4 Å². The van der Waals surface area contributed by atoms with Crippen LogP contribution in [-0.2, 0) is 6.54 Å². The first kappa shape index (κ1) is 8.42. The monoisotopic (exact) mass is 199 g/mol. The Kier molecular flexibility index (Phi) is 2.59. The van der Waals surface area contributed by atoms with Gasteiger partial charge >= 0.3 is 0 Å². The number of fused-ring (bicyclic) bond motifs is 1. The van der Waals surface area contributed by atoms with E-state index in [4.69, 9.17) is 11.6 Å². The van der Waals surface area contributed by atoms with Gasteiger partial charge in [0.1, 0.15) is 0 Å². The second kappa shape index (κ2) is 3.69. The first-order valence-corrected chi connectivity index (χ1v) is 5.28. The Balaban J connectivity index is 2.11. The second-order valence-electron chi connectivity index (χ2n) is 2.75. The van der Waals surface area contributed by atoms with Crippen molar-refractivity contribution < 1.29 is 0 Å². The van der Waals surface area contributed by atoms with Gasteiger partial charge in [-0.1, -0.05) is 18.2 Å². The van der Waals surface area contributed by atoms with Crippen molar-refractivity contribution in [2.45, 2.75) is 11.4 Å². The Labute approximate surface area is 81.8 Å². The lowest BCUT2D eigenvalue weighted by Gasteiger charge is -2.09. The average molecular weight is 200 g/mol. The second-order valence-corrected chi connectivity index (χ2v) is 4.27. The summed E-state index contributed by atoms with van der Waals surface area (Å²) < 4.78 is 2.29. The summed E-state index contributed by atoms with van der Waals surface area (Å²) >= 11 is 7.48. The van der Waals surface area contributed by atoms with Crippen LogP contribution in [0.5, 0.6) is 0 Å². The van der Waals surface area contributed by atoms with Gasteiger partial charge in [0.2, 0.25) is 0 Å². The van der Waals surface area contributed by atoms with Gasteiger partial charge in [-0.3, -0.25) is 0 Å². The van der Waals surface area contributed by atoms with E-state index in [1.807, 2.05) is 11.9 Å². The van der Waals surface area contributed by atoms with E-state index in [0.717, 1.165) is 13.1 Å². The van der Waals surface area contributed by atoms with Crippen LogP contribution < -0.4 is 0 Å². The molecule has 0 saturated carbocycles. The molecule has 0 bridgehead atoms. The molecule has 0 atom stereocenters. The lowest BCUT2D eigenvalue weighted by Crippen LogP contribution is -2.12. The van der Waals surface area contributed by atoms with Gasteiger partial charge in [-0.05, 0) is 23.6 Å². The molecule has 1 aromatic carbocycles. The third-order valence-corrected chi connectivity index (χ3v) is 3.21. The fourth-order valence-electron chi connectivity index (χ4n) is 1.30. The van der Waals surface area contributed by atoms with E-state index in [1.54, 1.807) is 0 Å². The first-order chi connectivity index (χ1) is 5.90. The van der Waals surface area contributed by atoms with Crippen LogP contribution in [-0.4, -0.2) is 16.7 Å². The third-order valence-electron chi connectivity index (χ3n) is 1.88. The summed E-state index contributed by atoms with van der Waals surface area (Å²) in [5.74, 6) is 0.709. The molecule has 2 rings (SSSR count). The SMILES string of the molecule is ClCCN1Cc2ccccc2S1. The standard InChI is InChI=1S/C9H10ClNS/c10-5-6-11-7-8-3-1-2-4-9(8)12-11/h1-4H,5-7H2. The molecule has 0 saturated heterocycles. The Morgan fingerprint density at radius 3 is 3.00 bits per heavy atom. The zero-order valence-corrected chi connectivity index (χ0v) is 8.24. The molecule has 1 nitrogen and oxygen atoms in total. The van der Waals surface area contributed by atoms with Crippen molar-refractivity contribution in [2.24, 2.45) is 0 Å². The normalized spacial score (nSPS) is 16.4. The summed E-state index contributed by atoms with van der Waals surface area (Å²) in [6.45, 7) is 1.99. The zero-order chi connectivity index (χ0) is 8.39. The summed E-state index contributed by atoms with van der Waals surface area (Å²) in [5, 5.41) is 0. The largest absolute Gasteiger partial charge is 0.241 e. The number of benzene rings is 1. The summed E-state index contributed by atoms with van der Waals surface area (Å²) in [6.07, 6.45) is 0. The molecule has 1 aliphatic rings. The van der Waals surface area contributed by atoms with Crippen LogP contribution in [0.15, 0.2) is 29.2 Å². The number of rotatable bonds is 2. The lowest BCUT2D eigenvalue weighted by molar-refractivity contribution is 0.509. The van der Waals surface area contributed by atoms with Gasteiger partial charge in [0.05, 0.1) is 0 Å². The minimum Gasteiger partial charge on any atom is -0.241 e. The highest BCUT2D eigenvalue weighted by Crippen LogP contribution is 2.34. The molecule has 0 aliphatic carbocycles. The minimum absolute atomic E-state index is 0.709. The molecule has 0 amide bonds. The molecule has 0 aromatic heterocycles. The molecule has 0 fully saturated rings. The molecule has 0 radical (unpaired) electrons. The quantitative estimate of drug-likeness (QED) is 0.533. The number of hydrogen-bond donors (Lipinski definition) is 0. The van der Waals surface area contributed by atoms with E-state index >= 15 is 0 Å². The first-order valence-electron chi connectivity index (χ1n) is 3.97. The molecule has 1 aromatic rings. The molecule has 0 spiro atoms. The van der Waals surface area contributed by atoms with Crippen LogP contribution in [0.4, 0.5) is 0 Å². The molecule has 12 heavy (non-hydrogen) atoms. The molecule has 1 heterocycles. The van der Waals surface area contributed by atoms with Crippen LogP contribution in [0.25, 0.3) is 0 Å². The number of nitrogens with zero attached hydrogens (tertiary/aromatic N) is 1. The van der Waals surface area contributed by atoms with E-state index in [1.165, 1.54) is 10.5 Å². The van der Waals surface area contributed by atoms with Gasteiger partial charge in [-0.25, -0.2) is 4.31 Å². The Bertz CT molecular complexity index is 252. The highest BCUT2D eigenvalue weighted by molar-refractivity contribution is 7.97. The van der Waals surface area contributed by atoms with Gasteiger partial charge in [0.15, 0.2) is 0 Å². The summed E-state index contributed by atoms with van der Waals surface area (Å²) in [5.41, 5.74) is 1.42. The van der Waals surface area contributed by atoms with Crippen LogP contribution >= 0.6 is 23.5 Å². The fourth-order valence-corrected chi connectivity index (χ4v) is 2.66.